The number of amides is 1. The molecule has 0 radical (unpaired) electrons. The lowest BCUT2D eigenvalue weighted by atomic mass is 9.94. The number of benzene rings is 1. The number of rotatable bonds is 6. The predicted molar refractivity (Wildman–Crippen MR) is 88.5 cm³/mol. The molecule has 0 aliphatic carbocycles. The fourth-order valence-corrected chi connectivity index (χ4v) is 3.84. The van der Waals surface area contributed by atoms with E-state index in [1.165, 1.54) is 12.1 Å². The number of hydrogen-bond acceptors (Lipinski definition) is 4. The summed E-state index contributed by atoms with van der Waals surface area (Å²) in [7, 11) is 1.61. The van der Waals surface area contributed by atoms with Gasteiger partial charge in [-0.05, 0) is 30.5 Å². The van der Waals surface area contributed by atoms with E-state index in [0.717, 1.165) is 24.9 Å². The Morgan fingerprint density at radius 3 is 2.77 bits per heavy atom. The molecule has 0 unspecified atom stereocenters. The first-order valence-electron chi connectivity index (χ1n) is 8.72. The number of piperidine rings is 1. The Hall–Kier alpha value is -1.80. The largest absolute Gasteiger partial charge is 0.573 e. The highest BCUT2D eigenvalue weighted by atomic mass is 19.4. The first-order chi connectivity index (χ1) is 12.4. The molecule has 3 saturated heterocycles. The van der Waals surface area contributed by atoms with Crippen molar-refractivity contribution >= 4 is 5.91 Å². The van der Waals surface area contributed by atoms with Crippen molar-refractivity contribution in [1.82, 2.24) is 9.80 Å². The van der Waals surface area contributed by atoms with E-state index in [1.807, 2.05) is 4.90 Å². The molecule has 0 N–H and O–H groups in total. The molecule has 3 heterocycles. The van der Waals surface area contributed by atoms with Gasteiger partial charge in [-0.2, -0.15) is 0 Å². The first-order valence-corrected chi connectivity index (χ1v) is 8.72. The van der Waals surface area contributed by atoms with Gasteiger partial charge < -0.3 is 14.4 Å². The summed E-state index contributed by atoms with van der Waals surface area (Å²) in [5.41, 5.74) is 0.740. The van der Waals surface area contributed by atoms with Crippen LogP contribution in [0, 0.1) is 5.92 Å². The minimum Gasteiger partial charge on any atom is -0.406 e. The van der Waals surface area contributed by atoms with Crippen LogP contribution in [0.3, 0.4) is 0 Å². The molecule has 0 saturated carbocycles. The summed E-state index contributed by atoms with van der Waals surface area (Å²) in [6, 6.07) is 6.16. The van der Waals surface area contributed by atoms with Gasteiger partial charge in [-0.25, -0.2) is 0 Å². The second-order valence-corrected chi connectivity index (χ2v) is 6.84. The number of halogens is 3. The van der Waals surface area contributed by atoms with Crippen molar-refractivity contribution in [3.63, 3.8) is 0 Å². The van der Waals surface area contributed by atoms with E-state index in [4.69, 9.17) is 4.74 Å². The van der Waals surface area contributed by atoms with Crippen molar-refractivity contribution < 1.29 is 27.4 Å². The third-order valence-corrected chi connectivity index (χ3v) is 4.94. The lowest BCUT2D eigenvalue weighted by molar-refractivity contribution is -0.274. The van der Waals surface area contributed by atoms with Gasteiger partial charge in [0.1, 0.15) is 5.75 Å². The monoisotopic (exact) mass is 372 g/mol. The van der Waals surface area contributed by atoms with Crippen LogP contribution in [-0.4, -0.2) is 61.5 Å². The minimum atomic E-state index is -4.70. The molecule has 144 valence electrons. The quantitative estimate of drug-likeness (QED) is 0.770. The topological polar surface area (TPSA) is 42.0 Å². The molecular weight excluding hydrogens is 349 g/mol. The Balaban J connectivity index is 1.68. The number of carbonyl (C=O) groups excluding carboxylic acids is 1. The lowest BCUT2D eigenvalue weighted by Gasteiger charge is -2.35. The normalized spacial score (nSPS) is 24.0. The number of carbonyl (C=O) groups is 1. The molecule has 1 aromatic carbocycles. The number of hydrogen-bond donors (Lipinski definition) is 0. The molecule has 2 atom stereocenters. The predicted octanol–water partition coefficient (Wildman–Crippen LogP) is 2.65. The van der Waals surface area contributed by atoms with Gasteiger partial charge in [-0.3, -0.25) is 9.69 Å². The second-order valence-electron chi connectivity index (χ2n) is 6.84. The van der Waals surface area contributed by atoms with Crippen LogP contribution in [0.25, 0.3) is 0 Å². The van der Waals surface area contributed by atoms with Crippen LogP contribution in [0.4, 0.5) is 13.2 Å². The maximum atomic E-state index is 12.6. The summed E-state index contributed by atoms with van der Waals surface area (Å²) in [6.07, 6.45) is -2.89. The van der Waals surface area contributed by atoms with Gasteiger partial charge in [-0.15, -0.1) is 13.2 Å². The van der Waals surface area contributed by atoms with E-state index in [-0.39, 0.29) is 23.6 Å². The molecular formula is C18H23F3N2O3. The molecule has 4 rings (SSSR count). The zero-order valence-electron chi connectivity index (χ0n) is 14.7. The molecule has 8 heteroatoms. The van der Waals surface area contributed by atoms with Crippen LogP contribution >= 0.6 is 0 Å². The number of alkyl halides is 3. The number of ether oxygens (including phenoxy) is 2. The van der Waals surface area contributed by atoms with E-state index < -0.39 is 6.36 Å². The van der Waals surface area contributed by atoms with Crippen LogP contribution in [0.5, 0.6) is 5.75 Å². The summed E-state index contributed by atoms with van der Waals surface area (Å²) in [5, 5.41) is 0. The van der Waals surface area contributed by atoms with Crippen molar-refractivity contribution in [3.05, 3.63) is 29.8 Å². The van der Waals surface area contributed by atoms with E-state index >= 15 is 0 Å². The first kappa shape index (κ1) is 19.0. The number of fused-ring (bicyclic) bond motifs is 4. The fraction of sp³-hybridized carbons (Fsp3) is 0.611. The summed E-state index contributed by atoms with van der Waals surface area (Å²) < 4.78 is 46.3. The number of methoxy groups -OCH3 is 1. The lowest BCUT2D eigenvalue weighted by Crippen LogP contribution is -2.49. The summed E-state index contributed by atoms with van der Waals surface area (Å²) in [5.74, 6) is -0.110. The van der Waals surface area contributed by atoms with Gasteiger partial charge in [0.15, 0.2) is 0 Å². The molecule has 3 fully saturated rings. The van der Waals surface area contributed by atoms with Gasteiger partial charge in [0.05, 0.1) is 12.5 Å². The average molecular weight is 372 g/mol. The molecule has 5 nitrogen and oxygen atoms in total. The highest BCUT2D eigenvalue weighted by Gasteiger charge is 2.40. The zero-order valence-corrected chi connectivity index (χ0v) is 14.7. The Labute approximate surface area is 150 Å². The molecule has 1 aromatic rings. The Morgan fingerprint density at radius 2 is 2.04 bits per heavy atom. The highest BCUT2D eigenvalue weighted by Crippen LogP contribution is 2.30. The fourth-order valence-electron chi connectivity index (χ4n) is 3.84. The van der Waals surface area contributed by atoms with Crippen LogP contribution in [0.15, 0.2) is 24.3 Å². The molecule has 26 heavy (non-hydrogen) atoms. The average Bonchev–Trinajstić information content (AvgIpc) is 2.82. The standard InChI is InChI=1S/C18H23F3N2O3/c1-25-8-7-23-15-6-5-14(17(23)24)11-22(12-15)10-13-3-2-4-16(9-13)26-18(19,20)21/h2-4,9,14-15H,5-8,10-12H2,1H3/t14-,15+/m1/s1. The van der Waals surface area contributed by atoms with E-state index in [1.54, 1.807) is 19.2 Å². The third-order valence-electron chi connectivity index (χ3n) is 4.94. The second kappa shape index (κ2) is 7.84. The number of nitrogens with zero attached hydrogens (tertiary/aromatic N) is 2. The van der Waals surface area contributed by atoms with Crippen molar-refractivity contribution in [2.75, 3.05) is 33.4 Å². The van der Waals surface area contributed by atoms with Crippen LogP contribution in [0.2, 0.25) is 0 Å². The van der Waals surface area contributed by atoms with Crippen LogP contribution in [-0.2, 0) is 16.1 Å². The maximum absolute atomic E-state index is 12.6. The Bertz CT molecular complexity index is 638. The Kier molecular flexibility index (Phi) is 5.72. The smallest absolute Gasteiger partial charge is 0.406 e. The van der Waals surface area contributed by atoms with Gasteiger partial charge in [0.2, 0.25) is 5.91 Å². The van der Waals surface area contributed by atoms with Gasteiger partial charge in [0.25, 0.3) is 0 Å². The van der Waals surface area contributed by atoms with Crippen LogP contribution < -0.4 is 4.74 Å². The molecule has 0 spiro atoms. The summed E-state index contributed by atoms with van der Waals surface area (Å²) in [4.78, 5) is 16.7. The zero-order chi connectivity index (χ0) is 18.7. The molecule has 2 bridgehead atoms. The molecule has 0 aromatic heterocycles. The Morgan fingerprint density at radius 1 is 1.23 bits per heavy atom. The maximum Gasteiger partial charge on any atom is 0.573 e. The van der Waals surface area contributed by atoms with Gasteiger partial charge in [0, 0.05) is 39.3 Å². The summed E-state index contributed by atoms with van der Waals surface area (Å²) >= 11 is 0. The van der Waals surface area contributed by atoms with Crippen molar-refractivity contribution in [2.24, 2.45) is 5.92 Å². The van der Waals surface area contributed by atoms with E-state index in [0.29, 0.717) is 26.2 Å². The van der Waals surface area contributed by atoms with Crippen LogP contribution in [0.1, 0.15) is 18.4 Å². The SMILES string of the molecule is COCCN1C(=O)[C@@H]2CC[C@H]1CN(Cc1cccc(OC(F)(F)F)c1)C2. The van der Waals surface area contributed by atoms with E-state index in [2.05, 4.69) is 9.64 Å². The minimum absolute atomic E-state index is 0.0554. The van der Waals surface area contributed by atoms with Crippen molar-refractivity contribution in [1.29, 1.82) is 0 Å². The van der Waals surface area contributed by atoms with E-state index in [9.17, 15) is 18.0 Å². The molecule has 1 amide bonds. The van der Waals surface area contributed by atoms with Crippen molar-refractivity contribution in [2.45, 2.75) is 31.8 Å². The van der Waals surface area contributed by atoms with Crippen molar-refractivity contribution in [3.8, 4) is 5.75 Å². The third kappa shape index (κ3) is 4.67. The molecule has 3 aliphatic heterocycles. The summed E-state index contributed by atoms with van der Waals surface area (Å²) in [6.45, 7) is 2.93. The van der Waals surface area contributed by atoms with Gasteiger partial charge >= 0.3 is 6.36 Å². The molecule has 3 aliphatic rings. The van der Waals surface area contributed by atoms with Gasteiger partial charge in [-0.1, -0.05) is 12.1 Å². The highest BCUT2D eigenvalue weighted by molar-refractivity contribution is 5.80.